The Balaban J connectivity index is 1.82. The molecule has 0 unspecified atom stereocenters. The number of nitrogens with zero attached hydrogens (tertiary/aromatic N) is 5. The normalized spacial score (nSPS) is 12.0. The second-order valence-electron chi connectivity index (χ2n) is 4.71. The lowest BCUT2D eigenvalue weighted by Gasteiger charge is -2.18. The van der Waals surface area contributed by atoms with Gasteiger partial charge in [0, 0.05) is 0 Å². The first kappa shape index (κ1) is 14.3. The first-order chi connectivity index (χ1) is 10.7. The molecule has 0 saturated carbocycles. The molecule has 0 radical (unpaired) electrons. The van der Waals surface area contributed by atoms with Crippen molar-refractivity contribution in [2.24, 2.45) is 0 Å². The second-order valence-corrected chi connectivity index (χ2v) is 5.46. The van der Waals surface area contributed by atoms with Crippen molar-refractivity contribution < 1.29 is 4.79 Å². The highest BCUT2D eigenvalue weighted by molar-refractivity contribution is 7.08. The van der Waals surface area contributed by atoms with Gasteiger partial charge >= 0.3 is 0 Å². The van der Waals surface area contributed by atoms with Gasteiger partial charge in [-0.2, -0.15) is 15.0 Å². The fourth-order valence-corrected chi connectivity index (χ4v) is 2.64. The van der Waals surface area contributed by atoms with Gasteiger partial charge in [-0.1, -0.05) is 34.8 Å². The van der Waals surface area contributed by atoms with Crippen LogP contribution in [0.15, 0.2) is 42.7 Å². The number of aromatic nitrogens is 5. The summed E-state index contributed by atoms with van der Waals surface area (Å²) in [6.45, 7) is 2.22. The molecule has 0 aliphatic rings. The number of benzene rings is 1. The fraction of sp³-hybridized carbons (Fsp3) is 0.214. The molecule has 22 heavy (non-hydrogen) atoms. The largest absolute Gasteiger partial charge is 0.342 e. The molecule has 7 nitrogen and oxygen atoms in total. The number of carbonyl (C=O) groups is 1. The van der Waals surface area contributed by atoms with Crippen LogP contribution in [0.2, 0.25) is 0 Å². The molecule has 0 fully saturated rings. The zero-order valence-electron chi connectivity index (χ0n) is 11.9. The summed E-state index contributed by atoms with van der Waals surface area (Å²) in [7, 11) is 0. The highest BCUT2D eigenvalue weighted by Gasteiger charge is 2.20. The number of hydrogen-bond acceptors (Lipinski definition) is 6. The lowest BCUT2D eigenvalue weighted by molar-refractivity contribution is 0.0934. The molecule has 1 aromatic carbocycles. The Morgan fingerprint density at radius 2 is 2.00 bits per heavy atom. The Morgan fingerprint density at radius 3 is 2.64 bits per heavy atom. The lowest BCUT2D eigenvalue weighted by atomic mass is 10.1. The average molecular weight is 314 g/mol. The molecule has 1 N–H and O–H groups in total. The summed E-state index contributed by atoms with van der Waals surface area (Å²) in [6, 6.07) is 9.50. The molecular formula is C14H14N6OS. The summed E-state index contributed by atoms with van der Waals surface area (Å²) >= 11 is 1.09. The van der Waals surface area contributed by atoms with Crippen molar-refractivity contribution >= 4 is 17.4 Å². The first-order valence-electron chi connectivity index (χ1n) is 6.73. The third-order valence-electron chi connectivity index (χ3n) is 3.18. The molecule has 8 heteroatoms. The van der Waals surface area contributed by atoms with E-state index in [0.29, 0.717) is 17.1 Å². The van der Waals surface area contributed by atoms with E-state index >= 15 is 0 Å². The van der Waals surface area contributed by atoms with Gasteiger partial charge < -0.3 is 5.32 Å². The fourth-order valence-electron chi connectivity index (χ4n) is 2.08. The Kier molecular flexibility index (Phi) is 4.19. The first-order valence-corrected chi connectivity index (χ1v) is 7.50. The summed E-state index contributed by atoms with van der Waals surface area (Å²) < 4.78 is 3.80. The smallest absolute Gasteiger partial charge is 0.265 e. The molecule has 0 bridgehead atoms. The quantitative estimate of drug-likeness (QED) is 0.773. The maximum atomic E-state index is 12.4. The van der Waals surface area contributed by atoms with E-state index in [0.717, 1.165) is 17.1 Å². The van der Waals surface area contributed by atoms with Crippen LogP contribution >= 0.6 is 11.5 Å². The van der Waals surface area contributed by atoms with Crippen LogP contribution in [0, 0.1) is 6.92 Å². The molecule has 0 aliphatic heterocycles. The third kappa shape index (κ3) is 3.17. The van der Waals surface area contributed by atoms with E-state index in [1.807, 2.05) is 30.3 Å². The van der Waals surface area contributed by atoms with Crippen molar-refractivity contribution in [3.63, 3.8) is 0 Å². The molecule has 2 aromatic heterocycles. The minimum atomic E-state index is -0.234. The minimum absolute atomic E-state index is 0.187. The van der Waals surface area contributed by atoms with Crippen molar-refractivity contribution in [2.45, 2.75) is 19.5 Å². The zero-order valence-corrected chi connectivity index (χ0v) is 12.7. The van der Waals surface area contributed by atoms with Crippen LogP contribution < -0.4 is 5.32 Å². The maximum Gasteiger partial charge on any atom is 0.265 e. The second kappa shape index (κ2) is 6.44. The van der Waals surface area contributed by atoms with E-state index in [2.05, 4.69) is 25.1 Å². The SMILES string of the molecule is Cc1nnsc1C(=O)N[C@H](Cn1nccn1)c1ccccc1. The van der Waals surface area contributed by atoms with Gasteiger partial charge in [0.2, 0.25) is 0 Å². The summed E-state index contributed by atoms with van der Waals surface area (Å²) in [5.41, 5.74) is 1.62. The average Bonchev–Trinajstić information content (AvgIpc) is 3.19. The zero-order chi connectivity index (χ0) is 15.4. The highest BCUT2D eigenvalue weighted by Crippen LogP contribution is 2.17. The number of nitrogens with one attached hydrogen (secondary N) is 1. The van der Waals surface area contributed by atoms with Crippen LogP contribution in [0.4, 0.5) is 0 Å². The molecule has 3 rings (SSSR count). The Hall–Kier alpha value is -2.61. The molecule has 0 saturated heterocycles. The van der Waals surface area contributed by atoms with Crippen LogP contribution in [0.5, 0.6) is 0 Å². The van der Waals surface area contributed by atoms with Gasteiger partial charge in [0.25, 0.3) is 5.91 Å². The van der Waals surface area contributed by atoms with E-state index in [1.54, 1.807) is 24.1 Å². The van der Waals surface area contributed by atoms with Crippen molar-refractivity contribution in [2.75, 3.05) is 0 Å². The van der Waals surface area contributed by atoms with Crippen molar-refractivity contribution in [1.29, 1.82) is 0 Å². The van der Waals surface area contributed by atoms with Crippen molar-refractivity contribution in [1.82, 2.24) is 29.9 Å². The summed E-state index contributed by atoms with van der Waals surface area (Å²) in [5.74, 6) is -0.187. The number of amides is 1. The highest BCUT2D eigenvalue weighted by atomic mass is 32.1. The third-order valence-corrected chi connectivity index (χ3v) is 4.00. The van der Waals surface area contributed by atoms with Gasteiger partial charge in [-0.05, 0) is 24.0 Å². The number of hydrogen-bond donors (Lipinski definition) is 1. The number of carbonyl (C=O) groups excluding carboxylic acids is 1. The van der Waals surface area contributed by atoms with Crippen molar-refractivity contribution in [3.05, 3.63) is 58.9 Å². The van der Waals surface area contributed by atoms with E-state index in [9.17, 15) is 4.79 Å². The molecule has 0 aliphatic carbocycles. The van der Waals surface area contributed by atoms with Gasteiger partial charge in [0.15, 0.2) is 0 Å². The molecule has 3 aromatic rings. The summed E-state index contributed by atoms with van der Waals surface area (Å²) in [4.78, 5) is 14.5. The van der Waals surface area contributed by atoms with E-state index in [1.165, 1.54) is 0 Å². The predicted octanol–water partition coefficient (Wildman–Crippen LogP) is 1.61. The Bertz CT molecular complexity index is 740. The van der Waals surface area contributed by atoms with Crippen LogP contribution in [0.1, 0.15) is 27.0 Å². The summed E-state index contributed by atoms with van der Waals surface area (Å²) in [6.07, 6.45) is 3.22. The Morgan fingerprint density at radius 1 is 1.27 bits per heavy atom. The maximum absolute atomic E-state index is 12.4. The monoisotopic (exact) mass is 314 g/mol. The van der Waals surface area contributed by atoms with Crippen LogP contribution in [-0.2, 0) is 6.54 Å². The predicted molar refractivity (Wildman–Crippen MR) is 81.3 cm³/mol. The van der Waals surface area contributed by atoms with Crippen LogP contribution in [-0.4, -0.2) is 30.5 Å². The van der Waals surface area contributed by atoms with Crippen LogP contribution in [0.25, 0.3) is 0 Å². The molecule has 112 valence electrons. The van der Waals surface area contributed by atoms with E-state index in [-0.39, 0.29) is 11.9 Å². The van der Waals surface area contributed by atoms with Gasteiger partial charge in [-0.15, -0.1) is 5.10 Å². The number of rotatable bonds is 5. The molecular weight excluding hydrogens is 300 g/mol. The standard InChI is InChI=1S/C14H14N6OS/c1-10-13(22-19-18-10)14(21)17-12(9-20-15-7-8-16-20)11-5-3-2-4-6-11/h2-8,12H,9H2,1H3,(H,17,21)/t12-/m1/s1. The molecule has 2 heterocycles. The van der Waals surface area contributed by atoms with E-state index in [4.69, 9.17) is 0 Å². The van der Waals surface area contributed by atoms with Gasteiger partial charge in [-0.25, -0.2) is 0 Å². The topological polar surface area (TPSA) is 85.6 Å². The molecule has 0 spiro atoms. The Labute approximate surface area is 131 Å². The van der Waals surface area contributed by atoms with Crippen LogP contribution in [0.3, 0.4) is 0 Å². The van der Waals surface area contributed by atoms with Gasteiger partial charge in [-0.3, -0.25) is 4.79 Å². The molecule has 1 amide bonds. The minimum Gasteiger partial charge on any atom is -0.342 e. The lowest BCUT2D eigenvalue weighted by Crippen LogP contribution is -2.32. The molecule has 1 atom stereocenters. The van der Waals surface area contributed by atoms with Crippen molar-refractivity contribution in [3.8, 4) is 0 Å². The van der Waals surface area contributed by atoms with E-state index < -0.39 is 0 Å². The number of aryl methyl sites for hydroxylation is 1. The van der Waals surface area contributed by atoms with Gasteiger partial charge in [0.05, 0.1) is 30.7 Å². The van der Waals surface area contributed by atoms with Gasteiger partial charge in [0.1, 0.15) is 4.88 Å². The summed E-state index contributed by atoms with van der Waals surface area (Å²) in [5, 5.41) is 15.1.